The minimum absolute atomic E-state index is 0.374. The first kappa shape index (κ1) is 14.5. The van der Waals surface area contributed by atoms with Crippen molar-refractivity contribution in [2.24, 2.45) is 0 Å². The fraction of sp³-hybridized carbons (Fsp3) is 0.417. The molecule has 0 amide bonds. The Labute approximate surface area is 118 Å². The first-order chi connectivity index (χ1) is 8.06. The van der Waals surface area contributed by atoms with Crippen LogP contribution in [0, 0.1) is 0 Å². The van der Waals surface area contributed by atoms with Gasteiger partial charge >= 0.3 is 5.97 Å². The average molecular weight is 365 g/mol. The molecule has 1 aromatic carbocycles. The molecule has 2 N–H and O–H groups in total. The summed E-state index contributed by atoms with van der Waals surface area (Å²) in [5.74, 6) is -0.374. The number of nitrogen functional groups attached to an aromatic ring is 1. The van der Waals surface area contributed by atoms with Crippen molar-refractivity contribution < 1.29 is 9.53 Å². The Balaban J connectivity index is 2.69. The summed E-state index contributed by atoms with van der Waals surface area (Å²) in [4.78, 5) is 11.8. The van der Waals surface area contributed by atoms with Crippen LogP contribution in [0.3, 0.4) is 0 Å². The third kappa shape index (κ3) is 4.32. The molecule has 1 rings (SSSR count). The highest BCUT2D eigenvalue weighted by Gasteiger charge is 2.14. The normalized spacial score (nSPS) is 10.3. The topological polar surface area (TPSA) is 52.3 Å². The molecule has 0 aliphatic carbocycles. The second-order valence-corrected chi connectivity index (χ2v) is 5.46. The zero-order valence-corrected chi connectivity index (χ0v) is 12.8. The molecule has 0 aromatic heterocycles. The largest absolute Gasteiger partial charge is 0.462 e. The van der Waals surface area contributed by atoms with E-state index in [1.54, 1.807) is 12.1 Å². The van der Waals surface area contributed by atoms with Crippen LogP contribution in [0.5, 0.6) is 0 Å². The minimum Gasteiger partial charge on any atom is -0.462 e. The summed E-state index contributed by atoms with van der Waals surface area (Å²) in [5, 5.41) is 0. The van der Waals surface area contributed by atoms with E-state index in [0.29, 0.717) is 22.3 Å². The van der Waals surface area contributed by atoms with Crippen LogP contribution in [0.25, 0.3) is 0 Å². The van der Waals surface area contributed by atoms with E-state index >= 15 is 0 Å². The van der Waals surface area contributed by atoms with E-state index in [1.807, 2.05) is 0 Å². The molecule has 17 heavy (non-hydrogen) atoms. The minimum atomic E-state index is -0.374. The molecular formula is C12H15Br2NO2. The van der Waals surface area contributed by atoms with Crippen LogP contribution in [-0.2, 0) is 4.74 Å². The number of rotatable bonds is 5. The lowest BCUT2D eigenvalue weighted by Gasteiger charge is -2.08. The zero-order valence-electron chi connectivity index (χ0n) is 9.63. The molecule has 3 nitrogen and oxygen atoms in total. The highest BCUT2D eigenvalue weighted by molar-refractivity contribution is 9.11. The Kier molecular flexibility index (Phi) is 5.98. The first-order valence-corrected chi connectivity index (χ1v) is 7.06. The quantitative estimate of drug-likeness (QED) is 0.485. The Morgan fingerprint density at radius 1 is 1.35 bits per heavy atom. The summed E-state index contributed by atoms with van der Waals surface area (Å²) >= 11 is 6.61. The average Bonchev–Trinajstić information content (AvgIpc) is 2.29. The van der Waals surface area contributed by atoms with Crippen molar-refractivity contribution in [2.75, 3.05) is 12.3 Å². The summed E-state index contributed by atoms with van der Waals surface area (Å²) in [6.45, 7) is 2.54. The van der Waals surface area contributed by atoms with Gasteiger partial charge in [-0.25, -0.2) is 4.79 Å². The van der Waals surface area contributed by atoms with E-state index in [9.17, 15) is 4.79 Å². The molecule has 0 radical (unpaired) electrons. The van der Waals surface area contributed by atoms with Crippen molar-refractivity contribution in [3.05, 3.63) is 26.6 Å². The summed E-state index contributed by atoms with van der Waals surface area (Å²) in [7, 11) is 0. The van der Waals surface area contributed by atoms with Gasteiger partial charge in [-0.05, 0) is 34.5 Å². The van der Waals surface area contributed by atoms with Crippen LogP contribution in [-0.4, -0.2) is 12.6 Å². The third-order valence-corrected chi connectivity index (χ3v) is 3.41. The second-order valence-electron chi connectivity index (χ2n) is 3.69. The van der Waals surface area contributed by atoms with Gasteiger partial charge in [-0.3, -0.25) is 0 Å². The van der Waals surface area contributed by atoms with Crippen LogP contribution in [0.2, 0.25) is 0 Å². The van der Waals surface area contributed by atoms with Crippen molar-refractivity contribution >= 4 is 43.5 Å². The second kappa shape index (κ2) is 7.01. The zero-order chi connectivity index (χ0) is 12.8. The number of carbonyl (C=O) groups is 1. The van der Waals surface area contributed by atoms with Gasteiger partial charge in [0.2, 0.25) is 0 Å². The maximum absolute atomic E-state index is 11.8. The van der Waals surface area contributed by atoms with Gasteiger partial charge in [-0.15, -0.1) is 0 Å². The highest BCUT2D eigenvalue weighted by atomic mass is 79.9. The van der Waals surface area contributed by atoms with Crippen molar-refractivity contribution in [3.63, 3.8) is 0 Å². The molecule has 0 spiro atoms. The molecule has 1 aromatic rings. The Bertz CT molecular complexity index is 408. The van der Waals surface area contributed by atoms with Crippen LogP contribution in [0.4, 0.5) is 5.69 Å². The molecule has 5 heteroatoms. The maximum Gasteiger partial charge on any atom is 0.340 e. The number of hydrogen-bond acceptors (Lipinski definition) is 3. The van der Waals surface area contributed by atoms with Gasteiger partial charge in [0.25, 0.3) is 0 Å². The van der Waals surface area contributed by atoms with Gasteiger partial charge in [-0.2, -0.15) is 0 Å². The Hall–Kier alpha value is -0.550. The van der Waals surface area contributed by atoms with Gasteiger partial charge in [0.15, 0.2) is 0 Å². The van der Waals surface area contributed by atoms with E-state index in [-0.39, 0.29) is 5.97 Å². The molecule has 0 fully saturated rings. The van der Waals surface area contributed by atoms with Crippen LogP contribution in [0.1, 0.15) is 36.5 Å². The van der Waals surface area contributed by atoms with Crippen LogP contribution >= 0.6 is 31.9 Å². The molecule has 0 aliphatic rings. The molecule has 0 bridgehead atoms. The number of nitrogens with two attached hydrogens (primary N) is 1. The Morgan fingerprint density at radius 2 is 2.06 bits per heavy atom. The lowest BCUT2D eigenvalue weighted by molar-refractivity contribution is 0.0499. The SMILES string of the molecule is CCCCCOC(=O)c1cc(Br)cc(Br)c1N. The van der Waals surface area contributed by atoms with Gasteiger partial charge in [0, 0.05) is 8.95 Å². The van der Waals surface area contributed by atoms with Crippen molar-refractivity contribution in [1.29, 1.82) is 0 Å². The molecular weight excluding hydrogens is 350 g/mol. The van der Waals surface area contributed by atoms with E-state index in [0.717, 1.165) is 23.7 Å². The van der Waals surface area contributed by atoms with Gasteiger partial charge in [0.05, 0.1) is 17.9 Å². The predicted molar refractivity (Wildman–Crippen MR) is 76.1 cm³/mol. The first-order valence-electron chi connectivity index (χ1n) is 5.48. The van der Waals surface area contributed by atoms with Crippen molar-refractivity contribution in [2.45, 2.75) is 26.2 Å². The number of hydrogen-bond donors (Lipinski definition) is 1. The molecule has 0 saturated carbocycles. The van der Waals surface area contributed by atoms with Crippen LogP contribution in [0.15, 0.2) is 21.1 Å². The third-order valence-electron chi connectivity index (χ3n) is 2.30. The molecule has 94 valence electrons. The van der Waals surface area contributed by atoms with Crippen LogP contribution < -0.4 is 5.73 Å². The van der Waals surface area contributed by atoms with E-state index in [1.165, 1.54) is 0 Å². The van der Waals surface area contributed by atoms with E-state index in [4.69, 9.17) is 10.5 Å². The smallest absolute Gasteiger partial charge is 0.340 e. The van der Waals surface area contributed by atoms with Crippen molar-refractivity contribution in [3.8, 4) is 0 Å². The number of benzene rings is 1. The number of halogens is 2. The molecule has 0 atom stereocenters. The molecule has 0 saturated heterocycles. The number of esters is 1. The monoisotopic (exact) mass is 363 g/mol. The molecule has 0 heterocycles. The lowest BCUT2D eigenvalue weighted by atomic mass is 10.2. The number of unbranched alkanes of at least 4 members (excludes halogenated alkanes) is 2. The highest BCUT2D eigenvalue weighted by Crippen LogP contribution is 2.28. The summed E-state index contributed by atoms with van der Waals surface area (Å²) < 4.78 is 6.64. The van der Waals surface area contributed by atoms with Gasteiger partial charge < -0.3 is 10.5 Å². The summed E-state index contributed by atoms with van der Waals surface area (Å²) in [5.41, 5.74) is 6.62. The van der Waals surface area contributed by atoms with Gasteiger partial charge in [-0.1, -0.05) is 35.7 Å². The van der Waals surface area contributed by atoms with Crippen molar-refractivity contribution in [1.82, 2.24) is 0 Å². The summed E-state index contributed by atoms with van der Waals surface area (Å²) in [6.07, 6.45) is 3.05. The Morgan fingerprint density at radius 3 is 2.71 bits per heavy atom. The standard InChI is InChI=1S/C12H15Br2NO2/c1-2-3-4-5-17-12(16)9-6-8(13)7-10(14)11(9)15/h6-7H,2-5,15H2,1H3. The number of ether oxygens (including phenoxy) is 1. The lowest BCUT2D eigenvalue weighted by Crippen LogP contribution is -2.09. The molecule has 0 aliphatic heterocycles. The predicted octanol–water partition coefficient (Wildman–Crippen LogP) is 4.14. The van der Waals surface area contributed by atoms with Gasteiger partial charge in [0.1, 0.15) is 0 Å². The fourth-order valence-corrected chi connectivity index (χ4v) is 2.57. The van der Waals surface area contributed by atoms with E-state index < -0.39 is 0 Å². The maximum atomic E-state index is 11.8. The fourth-order valence-electron chi connectivity index (χ4n) is 1.35. The number of anilines is 1. The summed E-state index contributed by atoms with van der Waals surface area (Å²) in [6, 6.07) is 3.46. The molecule has 0 unspecified atom stereocenters. The van der Waals surface area contributed by atoms with E-state index in [2.05, 4.69) is 38.8 Å². The number of carbonyl (C=O) groups excluding carboxylic acids is 1.